The summed E-state index contributed by atoms with van der Waals surface area (Å²) < 4.78 is 17.8. The number of rotatable bonds is 5. The Balaban J connectivity index is 2.13. The molecular formula is C15H22FN3O3. The Morgan fingerprint density at radius 1 is 1.05 bits per heavy atom. The highest BCUT2D eigenvalue weighted by molar-refractivity contribution is 5.74. The van der Waals surface area contributed by atoms with Crippen LogP contribution in [0.4, 0.5) is 14.0 Å². The van der Waals surface area contributed by atoms with Crippen molar-refractivity contribution in [2.75, 3.05) is 13.1 Å². The van der Waals surface area contributed by atoms with Gasteiger partial charge >= 0.3 is 12.1 Å². The van der Waals surface area contributed by atoms with Gasteiger partial charge in [-0.05, 0) is 38.5 Å². The first-order valence-electron chi connectivity index (χ1n) is 6.99. The molecule has 1 rings (SSSR count). The highest BCUT2D eigenvalue weighted by atomic mass is 19.1. The fraction of sp³-hybridized carbons (Fsp3) is 0.467. The molecule has 0 saturated carbocycles. The van der Waals surface area contributed by atoms with Crippen LogP contribution in [0.3, 0.4) is 0 Å². The van der Waals surface area contributed by atoms with Crippen LogP contribution in [0.5, 0.6) is 0 Å². The zero-order chi connectivity index (χ0) is 16.6. The standard InChI is InChI=1S/C15H22FN3O3/c1-15(2,3)22-14(21)18-9-8-17-13(20)19-10-11-4-6-12(16)7-5-11/h4-7H,8-10H2,1-3H3,(H,18,21)(H2,17,19,20). The molecule has 0 aromatic heterocycles. The van der Waals surface area contributed by atoms with Crippen molar-refractivity contribution in [2.45, 2.75) is 32.9 Å². The minimum Gasteiger partial charge on any atom is -0.444 e. The van der Waals surface area contributed by atoms with Crippen LogP contribution in [0.15, 0.2) is 24.3 Å². The molecule has 0 atom stereocenters. The molecule has 3 amide bonds. The van der Waals surface area contributed by atoms with Gasteiger partial charge in [-0.3, -0.25) is 0 Å². The molecule has 3 N–H and O–H groups in total. The molecule has 0 aliphatic rings. The van der Waals surface area contributed by atoms with Crippen LogP contribution in [0, 0.1) is 5.82 Å². The first kappa shape index (κ1) is 17.7. The van der Waals surface area contributed by atoms with E-state index in [9.17, 15) is 14.0 Å². The molecule has 0 fully saturated rings. The Labute approximate surface area is 129 Å². The molecule has 1 aromatic carbocycles. The SMILES string of the molecule is CC(C)(C)OC(=O)NCCNC(=O)NCc1ccc(F)cc1. The van der Waals surface area contributed by atoms with Crippen LogP contribution < -0.4 is 16.0 Å². The zero-order valence-electron chi connectivity index (χ0n) is 13.0. The van der Waals surface area contributed by atoms with Crippen LogP contribution in [0.2, 0.25) is 0 Å². The van der Waals surface area contributed by atoms with Crippen molar-refractivity contribution >= 4 is 12.1 Å². The predicted molar refractivity (Wildman–Crippen MR) is 80.9 cm³/mol. The number of ether oxygens (including phenoxy) is 1. The fourth-order valence-electron chi connectivity index (χ4n) is 1.50. The van der Waals surface area contributed by atoms with Crippen molar-refractivity contribution in [1.29, 1.82) is 0 Å². The lowest BCUT2D eigenvalue weighted by Crippen LogP contribution is -2.41. The van der Waals surface area contributed by atoms with E-state index in [0.29, 0.717) is 6.54 Å². The van der Waals surface area contributed by atoms with Gasteiger partial charge in [-0.25, -0.2) is 14.0 Å². The van der Waals surface area contributed by atoms with E-state index in [-0.39, 0.29) is 24.9 Å². The van der Waals surface area contributed by atoms with Gasteiger partial charge in [-0.1, -0.05) is 12.1 Å². The summed E-state index contributed by atoms with van der Waals surface area (Å²) in [6.07, 6.45) is -0.527. The van der Waals surface area contributed by atoms with Crippen molar-refractivity contribution in [2.24, 2.45) is 0 Å². The van der Waals surface area contributed by atoms with Crippen molar-refractivity contribution < 1.29 is 18.7 Å². The van der Waals surface area contributed by atoms with Crippen molar-refractivity contribution in [3.8, 4) is 0 Å². The lowest BCUT2D eigenvalue weighted by Gasteiger charge is -2.19. The fourth-order valence-corrected chi connectivity index (χ4v) is 1.50. The maximum absolute atomic E-state index is 12.7. The summed E-state index contributed by atoms with van der Waals surface area (Å²) >= 11 is 0. The number of alkyl carbamates (subject to hydrolysis) is 1. The third kappa shape index (κ3) is 8.08. The maximum atomic E-state index is 12.7. The number of hydrogen-bond acceptors (Lipinski definition) is 3. The number of carbonyl (C=O) groups excluding carboxylic acids is 2. The quantitative estimate of drug-likeness (QED) is 0.729. The third-order valence-electron chi connectivity index (χ3n) is 2.45. The Hall–Kier alpha value is -2.31. The summed E-state index contributed by atoms with van der Waals surface area (Å²) in [6, 6.07) is 5.49. The summed E-state index contributed by atoms with van der Waals surface area (Å²) in [4.78, 5) is 22.9. The van der Waals surface area contributed by atoms with Crippen LogP contribution in [-0.4, -0.2) is 30.8 Å². The monoisotopic (exact) mass is 311 g/mol. The highest BCUT2D eigenvalue weighted by Crippen LogP contribution is 2.06. The summed E-state index contributed by atoms with van der Waals surface area (Å²) in [5.74, 6) is -0.318. The number of halogens is 1. The number of urea groups is 1. The van der Waals surface area contributed by atoms with E-state index < -0.39 is 11.7 Å². The van der Waals surface area contributed by atoms with Crippen LogP contribution in [0.25, 0.3) is 0 Å². The van der Waals surface area contributed by atoms with Gasteiger partial charge in [0.2, 0.25) is 0 Å². The first-order valence-corrected chi connectivity index (χ1v) is 6.99. The Kier molecular flexibility index (Phi) is 6.62. The maximum Gasteiger partial charge on any atom is 0.407 e. The van der Waals surface area contributed by atoms with Gasteiger partial charge in [0.25, 0.3) is 0 Å². The van der Waals surface area contributed by atoms with E-state index in [1.807, 2.05) is 0 Å². The molecule has 122 valence electrons. The molecule has 7 heteroatoms. The van der Waals surface area contributed by atoms with E-state index in [4.69, 9.17) is 4.74 Å². The normalized spacial score (nSPS) is 10.7. The molecule has 0 bridgehead atoms. The van der Waals surface area contributed by atoms with Gasteiger partial charge in [0.05, 0.1) is 0 Å². The van der Waals surface area contributed by atoms with Crippen molar-refractivity contribution in [3.63, 3.8) is 0 Å². The second-order valence-corrected chi connectivity index (χ2v) is 5.66. The molecule has 0 saturated heterocycles. The second-order valence-electron chi connectivity index (χ2n) is 5.66. The van der Waals surface area contributed by atoms with Gasteiger partial charge in [-0.2, -0.15) is 0 Å². The number of amides is 3. The molecule has 0 aliphatic carbocycles. The van der Waals surface area contributed by atoms with E-state index in [1.165, 1.54) is 12.1 Å². The smallest absolute Gasteiger partial charge is 0.407 e. The van der Waals surface area contributed by atoms with Gasteiger partial charge in [-0.15, -0.1) is 0 Å². The Morgan fingerprint density at radius 2 is 1.64 bits per heavy atom. The van der Waals surface area contributed by atoms with Crippen LogP contribution >= 0.6 is 0 Å². The number of nitrogens with one attached hydrogen (secondary N) is 3. The summed E-state index contributed by atoms with van der Waals surface area (Å²) in [6.45, 7) is 6.15. The molecule has 1 aromatic rings. The average molecular weight is 311 g/mol. The summed E-state index contributed by atoms with van der Waals surface area (Å²) in [5.41, 5.74) is 0.243. The van der Waals surface area contributed by atoms with Crippen LogP contribution in [-0.2, 0) is 11.3 Å². The third-order valence-corrected chi connectivity index (χ3v) is 2.45. The van der Waals surface area contributed by atoms with E-state index in [2.05, 4.69) is 16.0 Å². The minimum absolute atomic E-state index is 0.263. The molecule has 0 aliphatic heterocycles. The van der Waals surface area contributed by atoms with E-state index >= 15 is 0 Å². The first-order chi connectivity index (χ1) is 10.3. The minimum atomic E-state index is -0.552. The Bertz CT molecular complexity index is 498. The molecule has 0 spiro atoms. The van der Waals surface area contributed by atoms with Gasteiger partial charge in [0.15, 0.2) is 0 Å². The Morgan fingerprint density at radius 3 is 2.23 bits per heavy atom. The summed E-state index contributed by atoms with van der Waals surface area (Å²) in [7, 11) is 0. The van der Waals surface area contributed by atoms with E-state index in [0.717, 1.165) is 5.56 Å². The molecule has 0 heterocycles. The van der Waals surface area contributed by atoms with Crippen molar-refractivity contribution in [3.05, 3.63) is 35.6 Å². The lowest BCUT2D eigenvalue weighted by atomic mass is 10.2. The topological polar surface area (TPSA) is 79.5 Å². The molecular weight excluding hydrogens is 289 g/mol. The average Bonchev–Trinajstić information content (AvgIpc) is 2.41. The molecule has 0 unspecified atom stereocenters. The number of benzene rings is 1. The molecule has 6 nitrogen and oxygen atoms in total. The van der Waals surface area contributed by atoms with Gasteiger partial charge in [0.1, 0.15) is 11.4 Å². The number of carbonyl (C=O) groups is 2. The van der Waals surface area contributed by atoms with E-state index in [1.54, 1.807) is 32.9 Å². The largest absolute Gasteiger partial charge is 0.444 e. The zero-order valence-corrected chi connectivity index (χ0v) is 13.0. The van der Waals surface area contributed by atoms with Gasteiger partial charge < -0.3 is 20.7 Å². The van der Waals surface area contributed by atoms with Gasteiger partial charge in [0, 0.05) is 19.6 Å². The lowest BCUT2D eigenvalue weighted by molar-refractivity contribution is 0.0528. The highest BCUT2D eigenvalue weighted by Gasteiger charge is 2.15. The molecule has 0 radical (unpaired) electrons. The predicted octanol–water partition coefficient (Wildman–Crippen LogP) is 2.15. The van der Waals surface area contributed by atoms with Crippen molar-refractivity contribution in [1.82, 2.24) is 16.0 Å². The molecule has 22 heavy (non-hydrogen) atoms. The summed E-state index contributed by atoms with van der Waals surface area (Å²) in [5, 5.41) is 7.75. The van der Waals surface area contributed by atoms with Crippen LogP contribution in [0.1, 0.15) is 26.3 Å². The number of hydrogen-bond donors (Lipinski definition) is 3. The second kappa shape index (κ2) is 8.21.